The van der Waals surface area contributed by atoms with Crippen LogP contribution in [0, 0.1) is 0 Å². The Hall–Kier alpha value is -1.55. The van der Waals surface area contributed by atoms with Crippen LogP contribution >= 0.6 is 0 Å². The Morgan fingerprint density at radius 2 is 1.90 bits per heavy atom. The van der Waals surface area contributed by atoms with E-state index in [1.807, 2.05) is 12.1 Å². The Morgan fingerprint density at radius 3 is 2.38 bits per heavy atom. The van der Waals surface area contributed by atoms with Crippen molar-refractivity contribution in [2.24, 2.45) is 0 Å². The molecule has 1 unspecified atom stereocenters. The molecule has 0 radical (unpaired) electrons. The second kappa shape index (κ2) is 6.94. The van der Waals surface area contributed by atoms with Gasteiger partial charge >= 0.3 is 6.03 Å². The predicted molar refractivity (Wildman–Crippen MR) is 87.6 cm³/mol. The Kier molecular flexibility index (Phi) is 5.23. The van der Waals surface area contributed by atoms with E-state index in [-0.39, 0.29) is 11.6 Å². The predicted octanol–water partition coefficient (Wildman–Crippen LogP) is 3.81. The van der Waals surface area contributed by atoms with Crippen LogP contribution in [0.5, 0.6) is 0 Å². The molecule has 2 rings (SSSR count). The number of benzene rings is 1. The maximum Gasteiger partial charge on any atom is 0.319 e. The highest BCUT2D eigenvalue weighted by molar-refractivity contribution is 5.89. The van der Waals surface area contributed by atoms with Crippen molar-refractivity contribution in [1.29, 1.82) is 0 Å². The summed E-state index contributed by atoms with van der Waals surface area (Å²) < 4.78 is 0. The molecule has 1 aliphatic carbocycles. The van der Waals surface area contributed by atoms with Crippen LogP contribution in [0.2, 0.25) is 0 Å². The maximum absolute atomic E-state index is 12.1. The average Bonchev–Trinajstić information content (AvgIpc) is 2.44. The number of carbonyl (C=O) groups is 1. The number of carbonyl (C=O) groups excluding carboxylic acids is 1. The van der Waals surface area contributed by atoms with Crippen molar-refractivity contribution in [3.8, 4) is 0 Å². The first-order chi connectivity index (χ1) is 10.1. The molecule has 116 valence electrons. The van der Waals surface area contributed by atoms with Crippen LogP contribution in [-0.4, -0.2) is 18.1 Å². The summed E-state index contributed by atoms with van der Waals surface area (Å²) in [6.45, 7) is 7.32. The lowest BCUT2D eigenvalue weighted by atomic mass is 9.75. The molecule has 2 amide bonds. The second-order valence-electron chi connectivity index (χ2n) is 5.97. The minimum atomic E-state index is -0.0935. The molecule has 0 aliphatic heterocycles. The Morgan fingerprint density at radius 1 is 1.24 bits per heavy atom. The molecule has 21 heavy (non-hydrogen) atoms. The minimum Gasteiger partial charge on any atom is -0.332 e. The number of nitrogens with one attached hydrogen (secondary N) is 3. The molecule has 0 heterocycles. The fraction of sp³-hybridized carbons (Fsp3) is 0.588. The molecule has 0 spiro atoms. The molecular weight excluding hydrogens is 262 g/mol. The molecule has 0 aromatic heterocycles. The Balaban J connectivity index is 1.89. The van der Waals surface area contributed by atoms with E-state index in [2.05, 4.69) is 48.9 Å². The molecule has 1 fully saturated rings. The summed E-state index contributed by atoms with van der Waals surface area (Å²) in [6.07, 6.45) is 4.40. The largest absolute Gasteiger partial charge is 0.332 e. The summed E-state index contributed by atoms with van der Waals surface area (Å²) >= 11 is 0. The van der Waals surface area contributed by atoms with Gasteiger partial charge in [0.15, 0.2) is 0 Å². The van der Waals surface area contributed by atoms with Crippen molar-refractivity contribution in [3.05, 3.63) is 29.8 Å². The van der Waals surface area contributed by atoms with Gasteiger partial charge in [0.05, 0.1) is 0 Å². The highest BCUT2D eigenvalue weighted by atomic mass is 16.2. The zero-order chi connectivity index (χ0) is 15.3. The third-order valence-corrected chi connectivity index (χ3v) is 4.54. The van der Waals surface area contributed by atoms with Gasteiger partial charge in [0.2, 0.25) is 0 Å². The number of amides is 2. The van der Waals surface area contributed by atoms with Crippen LogP contribution in [0.25, 0.3) is 0 Å². The molecule has 1 aliphatic rings. The molecule has 4 heteroatoms. The van der Waals surface area contributed by atoms with E-state index in [0.717, 1.165) is 31.5 Å². The lowest BCUT2D eigenvalue weighted by Crippen LogP contribution is -2.54. The van der Waals surface area contributed by atoms with Crippen molar-refractivity contribution in [2.75, 3.05) is 11.9 Å². The van der Waals surface area contributed by atoms with E-state index < -0.39 is 0 Å². The first-order valence-electron chi connectivity index (χ1n) is 8.01. The van der Waals surface area contributed by atoms with Gasteiger partial charge in [-0.25, -0.2) is 4.79 Å². The summed E-state index contributed by atoms with van der Waals surface area (Å²) in [4.78, 5) is 12.1. The van der Waals surface area contributed by atoms with Crippen molar-refractivity contribution in [2.45, 2.75) is 58.0 Å². The van der Waals surface area contributed by atoms with Crippen molar-refractivity contribution in [3.63, 3.8) is 0 Å². The van der Waals surface area contributed by atoms with Gasteiger partial charge in [0, 0.05) is 17.3 Å². The average molecular weight is 289 g/mol. The van der Waals surface area contributed by atoms with E-state index in [1.54, 1.807) is 0 Å². The molecule has 3 N–H and O–H groups in total. The van der Waals surface area contributed by atoms with E-state index in [0.29, 0.717) is 6.04 Å². The van der Waals surface area contributed by atoms with Crippen LogP contribution < -0.4 is 16.0 Å². The summed E-state index contributed by atoms with van der Waals surface area (Å²) in [5.41, 5.74) is 2.10. The molecule has 4 nitrogen and oxygen atoms in total. The maximum atomic E-state index is 12.1. The quantitative estimate of drug-likeness (QED) is 0.746. The van der Waals surface area contributed by atoms with Gasteiger partial charge in [0.1, 0.15) is 0 Å². The summed E-state index contributed by atoms with van der Waals surface area (Å²) in [5.74, 6) is 0. The van der Waals surface area contributed by atoms with Crippen molar-refractivity contribution >= 4 is 11.7 Å². The Bertz CT molecular complexity index is 460. The number of anilines is 1. The van der Waals surface area contributed by atoms with Crippen LogP contribution in [-0.2, 0) is 0 Å². The summed E-state index contributed by atoms with van der Waals surface area (Å²) in [6, 6.07) is 8.27. The van der Waals surface area contributed by atoms with E-state index in [1.165, 1.54) is 12.0 Å². The van der Waals surface area contributed by atoms with Gasteiger partial charge in [-0.05, 0) is 56.8 Å². The first kappa shape index (κ1) is 15.8. The first-order valence-corrected chi connectivity index (χ1v) is 8.01. The zero-order valence-corrected chi connectivity index (χ0v) is 13.3. The highest BCUT2D eigenvalue weighted by Gasteiger charge is 2.36. The fourth-order valence-electron chi connectivity index (χ4n) is 2.85. The second-order valence-corrected chi connectivity index (χ2v) is 5.97. The normalized spacial score (nSPS) is 17.7. The highest BCUT2D eigenvalue weighted by Crippen LogP contribution is 2.34. The molecule has 0 saturated heterocycles. The monoisotopic (exact) mass is 289 g/mol. The topological polar surface area (TPSA) is 53.2 Å². The molecule has 0 bridgehead atoms. The molecular formula is C17H27N3O. The third-order valence-electron chi connectivity index (χ3n) is 4.54. The third kappa shape index (κ3) is 3.97. The SMILES string of the molecule is CCNC(C)c1ccc(NC(=O)NC2(CC)CCC2)cc1. The molecule has 1 saturated carbocycles. The van der Waals surface area contributed by atoms with E-state index in [9.17, 15) is 4.79 Å². The fourth-order valence-corrected chi connectivity index (χ4v) is 2.85. The zero-order valence-electron chi connectivity index (χ0n) is 13.3. The number of rotatable bonds is 6. The standard InChI is InChI=1S/C17H27N3O/c1-4-17(11-6-12-17)20-16(21)19-15-9-7-14(8-10-15)13(3)18-5-2/h7-10,13,18H,4-6,11-12H2,1-3H3,(H2,19,20,21). The van der Waals surface area contributed by atoms with Gasteiger partial charge in [-0.3, -0.25) is 0 Å². The van der Waals surface area contributed by atoms with Crippen molar-refractivity contribution in [1.82, 2.24) is 10.6 Å². The van der Waals surface area contributed by atoms with Gasteiger partial charge in [-0.1, -0.05) is 26.0 Å². The lowest BCUT2D eigenvalue weighted by molar-refractivity contribution is 0.179. The van der Waals surface area contributed by atoms with Crippen LogP contribution in [0.3, 0.4) is 0 Å². The number of hydrogen-bond acceptors (Lipinski definition) is 2. The van der Waals surface area contributed by atoms with Crippen LogP contribution in [0.15, 0.2) is 24.3 Å². The molecule has 1 atom stereocenters. The lowest BCUT2D eigenvalue weighted by Gasteiger charge is -2.41. The van der Waals surface area contributed by atoms with Crippen molar-refractivity contribution < 1.29 is 4.79 Å². The van der Waals surface area contributed by atoms with E-state index >= 15 is 0 Å². The Labute approximate surface area is 127 Å². The van der Waals surface area contributed by atoms with Crippen LogP contribution in [0.1, 0.15) is 58.1 Å². The van der Waals surface area contributed by atoms with Gasteiger partial charge in [0.25, 0.3) is 0 Å². The van der Waals surface area contributed by atoms with Gasteiger partial charge in [-0.15, -0.1) is 0 Å². The number of urea groups is 1. The molecule has 1 aromatic rings. The van der Waals surface area contributed by atoms with E-state index in [4.69, 9.17) is 0 Å². The smallest absolute Gasteiger partial charge is 0.319 e. The molecule has 1 aromatic carbocycles. The van der Waals surface area contributed by atoms with Gasteiger partial charge in [-0.2, -0.15) is 0 Å². The minimum absolute atomic E-state index is 0.0313. The van der Waals surface area contributed by atoms with Gasteiger partial charge < -0.3 is 16.0 Å². The summed E-state index contributed by atoms with van der Waals surface area (Å²) in [5, 5.41) is 9.43. The van der Waals surface area contributed by atoms with Crippen LogP contribution in [0.4, 0.5) is 10.5 Å². The number of hydrogen-bond donors (Lipinski definition) is 3. The summed E-state index contributed by atoms with van der Waals surface area (Å²) in [7, 11) is 0.